The van der Waals surface area contributed by atoms with Crippen LogP contribution in [-0.4, -0.2) is 67.6 Å². The van der Waals surface area contributed by atoms with E-state index in [1.807, 2.05) is 39.0 Å². The lowest BCUT2D eigenvalue weighted by Gasteiger charge is -2.32. The number of phenolic OH excluding ortho intramolecular Hbond substituents is 1. The van der Waals surface area contributed by atoms with Gasteiger partial charge in [0.2, 0.25) is 0 Å². The summed E-state index contributed by atoms with van der Waals surface area (Å²) in [6.07, 6.45) is 2.91. The van der Waals surface area contributed by atoms with Crippen LogP contribution in [0.4, 0.5) is 4.39 Å². The predicted octanol–water partition coefficient (Wildman–Crippen LogP) is 8.15. The van der Waals surface area contributed by atoms with Gasteiger partial charge in [0.1, 0.15) is 29.5 Å². The summed E-state index contributed by atoms with van der Waals surface area (Å²) < 4.78 is 37.4. The smallest absolute Gasteiger partial charge is 0.332 e. The topological polar surface area (TPSA) is 77.5 Å². The normalized spacial score (nSPS) is 14.6. The molecule has 0 unspecified atom stereocenters. The van der Waals surface area contributed by atoms with Crippen molar-refractivity contribution in [3.8, 4) is 27.7 Å². The number of ether oxygens (including phenoxy) is 4. The Bertz CT molecular complexity index is 1540. The fourth-order valence-corrected chi connectivity index (χ4v) is 6.52. The Kier molecular flexibility index (Phi) is 11.1. The number of aromatic hydroxyl groups is 1. The maximum Gasteiger partial charge on any atom is 0.332 e. The Morgan fingerprint density at radius 1 is 0.978 bits per heavy atom. The molecule has 4 aromatic rings. The van der Waals surface area contributed by atoms with Crippen LogP contribution in [0.15, 0.2) is 66.7 Å². The maximum absolute atomic E-state index is 13.6. The number of esters is 1. The van der Waals surface area contributed by atoms with Crippen molar-refractivity contribution in [3.63, 3.8) is 0 Å². The third kappa shape index (κ3) is 9.04. The van der Waals surface area contributed by atoms with Gasteiger partial charge in [-0.15, -0.1) is 11.3 Å². The molecule has 45 heavy (non-hydrogen) atoms. The number of carbonyl (C=O) groups excluding carboxylic acids is 1. The second-order valence-corrected chi connectivity index (χ2v) is 13.0. The first-order valence-corrected chi connectivity index (χ1v) is 16.4. The molecule has 1 aliphatic rings. The molecule has 9 heteroatoms. The second kappa shape index (κ2) is 15.2. The molecule has 240 valence electrons. The number of rotatable bonds is 14. The minimum absolute atomic E-state index is 0.0548. The third-order valence-electron chi connectivity index (χ3n) is 8.28. The first kappa shape index (κ1) is 32.9. The van der Waals surface area contributed by atoms with Crippen LogP contribution >= 0.6 is 11.3 Å². The van der Waals surface area contributed by atoms with Gasteiger partial charge < -0.3 is 29.0 Å². The van der Waals surface area contributed by atoms with Crippen molar-refractivity contribution in [2.75, 3.05) is 46.1 Å². The molecule has 7 nitrogen and oxygen atoms in total. The van der Waals surface area contributed by atoms with Crippen molar-refractivity contribution < 1.29 is 33.2 Å². The summed E-state index contributed by atoms with van der Waals surface area (Å²) in [6, 6.07) is 20.0. The Balaban J connectivity index is 1.07. The van der Waals surface area contributed by atoms with Crippen LogP contribution in [0.3, 0.4) is 0 Å². The molecule has 1 saturated heterocycles. The highest BCUT2D eigenvalue weighted by atomic mass is 32.1. The molecule has 0 radical (unpaired) electrons. The molecule has 1 fully saturated rings. The lowest BCUT2D eigenvalue weighted by atomic mass is 9.89. The van der Waals surface area contributed by atoms with Crippen molar-refractivity contribution in [2.24, 2.45) is 0 Å². The van der Waals surface area contributed by atoms with Crippen molar-refractivity contribution in [1.29, 1.82) is 0 Å². The summed E-state index contributed by atoms with van der Waals surface area (Å²) in [4.78, 5) is 15.1. The van der Waals surface area contributed by atoms with Gasteiger partial charge in [0.05, 0.1) is 24.7 Å². The summed E-state index contributed by atoms with van der Waals surface area (Å²) in [5, 5.41) is 10.9. The van der Waals surface area contributed by atoms with Crippen LogP contribution in [0.2, 0.25) is 0 Å². The van der Waals surface area contributed by atoms with Crippen LogP contribution in [0.5, 0.6) is 17.2 Å². The number of benzene rings is 3. The van der Waals surface area contributed by atoms with Crippen LogP contribution in [0.25, 0.3) is 20.5 Å². The lowest BCUT2D eigenvalue weighted by Crippen LogP contribution is -2.35. The minimum Gasteiger partial charge on any atom is -0.508 e. The molecule has 5 rings (SSSR count). The van der Waals surface area contributed by atoms with Gasteiger partial charge >= 0.3 is 5.97 Å². The molecule has 0 aliphatic carbocycles. The average molecular weight is 636 g/mol. The zero-order valence-electron chi connectivity index (χ0n) is 26.2. The molecule has 1 N–H and O–H groups in total. The van der Waals surface area contributed by atoms with E-state index in [9.17, 15) is 14.3 Å². The quantitative estimate of drug-likeness (QED) is 0.111. The largest absolute Gasteiger partial charge is 0.508 e. The van der Waals surface area contributed by atoms with Crippen molar-refractivity contribution in [3.05, 3.63) is 78.1 Å². The van der Waals surface area contributed by atoms with E-state index in [-0.39, 0.29) is 24.1 Å². The van der Waals surface area contributed by atoms with Crippen molar-refractivity contribution in [1.82, 2.24) is 4.90 Å². The SMILES string of the molecule is CCC(C)(C)OC(=O)COCCOCCN1CCC(c2ccc(Oc3c(-c4ccc(F)cc4)sc4cc(O)ccc34)cc2)CC1. The molecule has 0 saturated carbocycles. The molecular weight excluding hydrogens is 593 g/mol. The van der Waals surface area contributed by atoms with E-state index >= 15 is 0 Å². The number of fused-ring (bicyclic) bond motifs is 1. The average Bonchev–Trinajstić information content (AvgIpc) is 3.38. The van der Waals surface area contributed by atoms with Crippen LogP contribution in [0.1, 0.15) is 51.5 Å². The molecule has 1 aromatic heterocycles. The Labute approximate surface area is 268 Å². The maximum atomic E-state index is 13.6. The van der Waals surface area contributed by atoms with Gasteiger partial charge in [-0.3, -0.25) is 0 Å². The van der Waals surface area contributed by atoms with E-state index in [1.54, 1.807) is 24.3 Å². The zero-order chi connectivity index (χ0) is 31.8. The fraction of sp³-hybridized carbons (Fsp3) is 0.417. The molecule has 3 aromatic carbocycles. The Hall–Kier alpha value is -3.50. The summed E-state index contributed by atoms with van der Waals surface area (Å²) >= 11 is 1.51. The zero-order valence-corrected chi connectivity index (χ0v) is 27.0. The molecule has 2 heterocycles. The molecule has 0 bridgehead atoms. The molecule has 0 atom stereocenters. The molecule has 0 spiro atoms. The van der Waals surface area contributed by atoms with Gasteiger partial charge in [0.25, 0.3) is 0 Å². The van der Waals surface area contributed by atoms with E-state index in [0.717, 1.165) is 65.2 Å². The van der Waals surface area contributed by atoms with E-state index in [4.69, 9.17) is 18.9 Å². The highest BCUT2D eigenvalue weighted by Gasteiger charge is 2.22. The highest BCUT2D eigenvalue weighted by Crippen LogP contribution is 2.47. The number of piperidine rings is 1. The summed E-state index contributed by atoms with van der Waals surface area (Å²) in [5.74, 6) is 1.48. The van der Waals surface area contributed by atoms with E-state index in [0.29, 0.717) is 31.5 Å². The van der Waals surface area contributed by atoms with Crippen molar-refractivity contribution in [2.45, 2.75) is 51.6 Å². The van der Waals surface area contributed by atoms with E-state index < -0.39 is 5.60 Å². The van der Waals surface area contributed by atoms with E-state index in [1.165, 1.54) is 29.0 Å². The first-order chi connectivity index (χ1) is 21.7. The number of thiophene rings is 1. The molecular formula is C36H42FNO6S. The van der Waals surface area contributed by atoms with Gasteiger partial charge in [-0.1, -0.05) is 31.2 Å². The van der Waals surface area contributed by atoms with Crippen LogP contribution in [-0.2, 0) is 19.0 Å². The number of carbonyl (C=O) groups is 1. The summed E-state index contributed by atoms with van der Waals surface area (Å²) in [7, 11) is 0. The van der Waals surface area contributed by atoms with Crippen LogP contribution in [0, 0.1) is 5.82 Å². The molecule has 0 amide bonds. The number of phenols is 1. The van der Waals surface area contributed by atoms with Crippen molar-refractivity contribution >= 4 is 27.4 Å². The van der Waals surface area contributed by atoms with Gasteiger partial charge in [0, 0.05) is 16.6 Å². The van der Waals surface area contributed by atoms with Gasteiger partial charge in [0.15, 0.2) is 5.75 Å². The highest BCUT2D eigenvalue weighted by molar-refractivity contribution is 7.22. The van der Waals surface area contributed by atoms with Gasteiger partial charge in [-0.05, 0) is 106 Å². The van der Waals surface area contributed by atoms with Gasteiger partial charge in [-0.25, -0.2) is 9.18 Å². The number of hydrogen-bond donors (Lipinski definition) is 1. The Morgan fingerprint density at radius 3 is 2.40 bits per heavy atom. The standard InChI is InChI=1S/C36H42FNO6S/c1-4-36(2,3)44-33(40)24-42-22-21-41-20-19-38-17-15-26(16-18-38)25-7-12-30(13-8-25)43-34-31-14-11-29(39)23-32(31)45-35(34)27-5-9-28(37)10-6-27/h5-14,23,26,39H,4,15-22,24H2,1-3H3. The first-order valence-electron chi connectivity index (χ1n) is 15.6. The summed E-state index contributed by atoms with van der Waals surface area (Å²) in [6.45, 7) is 10.0. The Morgan fingerprint density at radius 2 is 1.69 bits per heavy atom. The van der Waals surface area contributed by atoms with Gasteiger partial charge in [-0.2, -0.15) is 0 Å². The number of halogens is 1. The number of hydrogen-bond acceptors (Lipinski definition) is 8. The number of likely N-dealkylation sites (tertiary alicyclic amines) is 1. The predicted molar refractivity (Wildman–Crippen MR) is 176 cm³/mol. The molecule has 1 aliphatic heterocycles. The minimum atomic E-state index is -0.466. The second-order valence-electron chi connectivity index (χ2n) is 12.0. The third-order valence-corrected chi connectivity index (χ3v) is 9.46. The monoisotopic (exact) mass is 635 g/mol. The van der Waals surface area contributed by atoms with Crippen LogP contribution < -0.4 is 4.74 Å². The van der Waals surface area contributed by atoms with E-state index in [2.05, 4.69) is 17.0 Å². The number of nitrogens with zero attached hydrogens (tertiary/aromatic N) is 1. The lowest BCUT2D eigenvalue weighted by molar-refractivity contribution is -0.162. The summed E-state index contributed by atoms with van der Waals surface area (Å²) in [5.41, 5.74) is 1.70. The fourth-order valence-electron chi connectivity index (χ4n) is 5.35.